The van der Waals surface area contributed by atoms with Crippen molar-refractivity contribution < 1.29 is 19.7 Å². The molecule has 2 N–H and O–H groups in total. The maximum absolute atomic E-state index is 11.7. The molecule has 0 saturated carbocycles. The number of esters is 1. The minimum atomic E-state index is -0.326. The van der Waals surface area contributed by atoms with E-state index in [-0.39, 0.29) is 23.9 Å². The molecule has 1 rings (SSSR count). The Bertz CT molecular complexity index is 422. The zero-order valence-corrected chi connectivity index (χ0v) is 13.5. The molecular formula is C18H28O4. The summed E-state index contributed by atoms with van der Waals surface area (Å²) in [6, 6.07) is 4.14. The third-order valence-electron chi connectivity index (χ3n) is 3.57. The molecule has 0 aliphatic rings. The van der Waals surface area contributed by atoms with Gasteiger partial charge in [0.05, 0.1) is 13.0 Å². The number of phenolic OH excluding ortho intramolecular Hbond substituents is 2. The minimum Gasteiger partial charge on any atom is -0.508 e. The second kappa shape index (κ2) is 10.9. The third-order valence-corrected chi connectivity index (χ3v) is 3.57. The highest BCUT2D eigenvalue weighted by Crippen LogP contribution is 2.20. The highest BCUT2D eigenvalue weighted by molar-refractivity contribution is 5.72. The zero-order chi connectivity index (χ0) is 16.2. The quantitative estimate of drug-likeness (QED) is 0.472. The lowest BCUT2D eigenvalue weighted by Crippen LogP contribution is -2.09. The fourth-order valence-corrected chi connectivity index (χ4v) is 2.40. The van der Waals surface area contributed by atoms with Gasteiger partial charge in [-0.1, -0.05) is 51.9 Å². The molecular weight excluding hydrogens is 280 g/mol. The molecule has 0 spiro atoms. The molecule has 0 aliphatic carbocycles. The van der Waals surface area contributed by atoms with Gasteiger partial charge in [0.2, 0.25) is 0 Å². The molecule has 0 fully saturated rings. The predicted octanol–water partition coefficient (Wildman–Crippen LogP) is 4.32. The Morgan fingerprint density at radius 1 is 0.909 bits per heavy atom. The molecule has 0 aromatic heterocycles. The van der Waals surface area contributed by atoms with E-state index in [1.165, 1.54) is 56.7 Å². The van der Waals surface area contributed by atoms with Gasteiger partial charge in [0.25, 0.3) is 0 Å². The highest BCUT2D eigenvalue weighted by atomic mass is 16.5. The average molecular weight is 308 g/mol. The Labute approximate surface area is 133 Å². The lowest BCUT2D eigenvalue weighted by atomic mass is 10.1. The van der Waals surface area contributed by atoms with Crippen LogP contribution in [0.1, 0.15) is 63.9 Å². The Balaban J connectivity index is 2.06. The molecule has 0 radical (unpaired) electrons. The van der Waals surface area contributed by atoms with Crippen LogP contribution in [0.3, 0.4) is 0 Å². The average Bonchev–Trinajstić information content (AvgIpc) is 2.44. The normalized spacial score (nSPS) is 10.6. The Morgan fingerprint density at radius 3 is 2.05 bits per heavy atom. The Kier molecular flexibility index (Phi) is 9.12. The van der Waals surface area contributed by atoms with Gasteiger partial charge in [-0.15, -0.1) is 0 Å². The van der Waals surface area contributed by atoms with Crippen LogP contribution >= 0.6 is 0 Å². The van der Waals surface area contributed by atoms with Gasteiger partial charge in [-0.05, 0) is 24.1 Å². The number of carbonyl (C=O) groups is 1. The van der Waals surface area contributed by atoms with Crippen LogP contribution in [0.25, 0.3) is 0 Å². The maximum atomic E-state index is 11.7. The molecule has 0 saturated heterocycles. The van der Waals surface area contributed by atoms with Crippen molar-refractivity contribution in [3.8, 4) is 11.5 Å². The van der Waals surface area contributed by atoms with E-state index >= 15 is 0 Å². The predicted molar refractivity (Wildman–Crippen MR) is 87.0 cm³/mol. The van der Waals surface area contributed by atoms with Crippen LogP contribution in [0.5, 0.6) is 11.5 Å². The van der Waals surface area contributed by atoms with Crippen LogP contribution in [0, 0.1) is 0 Å². The van der Waals surface area contributed by atoms with Gasteiger partial charge in [-0.2, -0.15) is 0 Å². The number of carbonyl (C=O) groups excluding carboxylic acids is 1. The molecule has 0 amide bonds. The number of benzene rings is 1. The zero-order valence-electron chi connectivity index (χ0n) is 13.5. The van der Waals surface area contributed by atoms with Crippen LogP contribution in [0.2, 0.25) is 0 Å². The number of aromatic hydroxyl groups is 2. The van der Waals surface area contributed by atoms with Crippen molar-refractivity contribution in [2.24, 2.45) is 0 Å². The number of unbranched alkanes of at least 4 members (excludes halogenated alkanes) is 7. The van der Waals surface area contributed by atoms with Gasteiger partial charge >= 0.3 is 5.97 Å². The number of hydrogen-bond acceptors (Lipinski definition) is 4. The van der Waals surface area contributed by atoms with Gasteiger partial charge in [0.1, 0.15) is 11.5 Å². The van der Waals surface area contributed by atoms with Crippen molar-refractivity contribution in [1.82, 2.24) is 0 Å². The van der Waals surface area contributed by atoms with Crippen LogP contribution < -0.4 is 0 Å². The summed E-state index contributed by atoms with van der Waals surface area (Å²) in [5.41, 5.74) is 0.554. The van der Waals surface area contributed by atoms with Crippen molar-refractivity contribution >= 4 is 5.97 Å². The molecule has 22 heavy (non-hydrogen) atoms. The Morgan fingerprint density at radius 2 is 1.45 bits per heavy atom. The number of rotatable bonds is 11. The van der Waals surface area contributed by atoms with E-state index in [4.69, 9.17) is 4.74 Å². The second-order valence-corrected chi connectivity index (χ2v) is 5.73. The summed E-state index contributed by atoms with van der Waals surface area (Å²) >= 11 is 0. The molecule has 0 unspecified atom stereocenters. The summed E-state index contributed by atoms with van der Waals surface area (Å²) in [5, 5.41) is 18.7. The van der Waals surface area contributed by atoms with Crippen molar-refractivity contribution in [2.45, 2.75) is 64.7 Å². The van der Waals surface area contributed by atoms with E-state index in [2.05, 4.69) is 6.92 Å². The van der Waals surface area contributed by atoms with Gasteiger partial charge in [0, 0.05) is 6.07 Å². The molecule has 4 heteroatoms. The van der Waals surface area contributed by atoms with E-state index < -0.39 is 0 Å². The van der Waals surface area contributed by atoms with Gasteiger partial charge in [-0.25, -0.2) is 0 Å². The first-order valence-electron chi connectivity index (χ1n) is 8.29. The lowest BCUT2D eigenvalue weighted by Gasteiger charge is -2.06. The molecule has 1 aromatic rings. The Hall–Kier alpha value is -1.71. The fourth-order valence-electron chi connectivity index (χ4n) is 2.40. The van der Waals surface area contributed by atoms with Crippen molar-refractivity contribution in [3.05, 3.63) is 23.8 Å². The second-order valence-electron chi connectivity index (χ2n) is 5.73. The summed E-state index contributed by atoms with van der Waals surface area (Å²) in [6.45, 7) is 2.66. The summed E-state index contributed by atoms with van der Waals surface area (Å²) in [6.07, 6.45) is 9.72. The first-order chi connectivity index (χ1) is 10.6. The van der Waals surface area contributed by atoms with Crippen LogP contribution in [-0.2, 0) is 16.0 Å². The van der Waals surface area contributed by atoms with E-state index in [0.29, 0.717) is 12.2 Å². The molecule has 4 nitrogen and oxygen atoms in total. The van der Waals surface area contributed by atoms with Crippen LogP contribution in [0.15, 0.2) is 18.2 Å². The number of phenols is 2. The first kappa shape index (κ1) is 18.3. The summed E-state index contributed by atoms with van der Waals surface area (Å²) < 4.78 is 5.17. The van der Waals surface area contributed by atoms with E-state index in [9.17, 15) is 15.0 Å². The standard InChI is InChI=1S/C18H28O4/c1-2-3-4-5-6-7-8-9-10-22-18(21)13-15-11-16(19)14-17(20)12-15/h11-12,14,19-20H,2-10,13H2,1H3. The summed E-state index contributed by atoms with van der Waals surface area (Å²) in [7, 11) is 0. The summed E-state index contributed by atoms with van der Waals surface area (Å²) in [5.74, 6) is -0.426. The molecule has 0 heterocycles. The van der Waals surface area contributed by atoms with Gasteiger partial charge in [-0.3, -0.25) is 4.79 Å². The number of ether oxygens (including phenoxy) is 1. The van der Waals surface area contributed by atoms with Gasteiger partial charge < -0.3 is 14.9 Å². The SMILES string of the molecule is CCCCCCCCCCOC(=O)Cc1cc(O)cc(O)c1. The largest absolute Gasteiger partial charge is 0.508 e. The monoisotopic (exact) mass is 308 g/mol. The smallest absolute Gasteiger partial charge is 0.310 e. The van der Waals surface area contributed by atoms with Crippen LogP contribution in [0.4, 0.5) is 0 Å². The molecule has 124 valence electrons. The van der Waals surface area contributed by atoms with E-state index in [1.807, 2.05) is 0 Å². The summed E-state index contributed by atoms with van der Waals surface area (Å²) in [4.78, 5) is 11.7. The molecule has 0 bridgehead atoms. The van der Waals surface area contributed by atoms with Gasteiger partial charge in [0.15, 0.2) is 0 Å². The minimum absolute atomic E-state index is 0.0501. The topological polar surface area (TPSA) is 66.8 Å². The van der Waals surface area contributed by atoms with Crippen molar-refractivity contribution in [2.75, 3.05) is 6.61 Å². The third kappa shape index (κ3) is 8.55. The molecule has 0 atom stereocenters. The van der Waals surface area contributed by atoms with E-state index in [1.54, 1.807) is 0 Å². The first-order valence-corrected chi connectivity index (χ1v) is 8.29. The lowest BCUT2D eigenvalue weighted by molar-refractivity contribution is -0.142. The molecule has 1 aromatic carbocycles. The fraction of sp³-hybridized carbons (Fsp3) is 0.611. The number of hydrogen-bond donors (Lipinski definition) is 2. The van der Waals surface area contributed by atoms with E-state index in [0.717, 1.165) is 12.8 Å². The molecule has 0 aliphatic heterocycles. The van der Waals surface area contributed by atoms with Crippen molar-refractivity contribution in [1.29, 1.82) is 0 Å². The van der Waals surface area contributed by atoms with Crippen LogP contribution in [-0.4, -0.2) is 22.8 Å². The highest BCUT2D eigenvalue weighted by Gasteiger charge is 2.07. The van der Waals surface area contributed by atoms with Crippen molar-refractivity contribution in [3.63, 3.8) is 0 Å². The maximum Gasteiger partial charge on any atom is 0.310 e.